The minimum Gasteiger partial charge on any atom is -0.497 e. The first-order valence-corrected chi connectivity index (χ1v) is 13.1. The van der Waals surface area contributed by atoms with Gasteiger partial charge in [0.15, 0.2) is 0 Å². The Hall–Kier alpha value is -0.873. The molecule has 1 aliphatic heterocycles. The van der Waals surface area contributed by atoms with E-state index in [0.29, 0.717) is 6.61 Å². The van der Waals surface area contributed by atoms with Crippen molar-refractivity contribution in [2.45, 2.75) is 39.6 Å². The van der Waals surface area contributed by atoms with Gasteiger partial charge < -0.3 is 9.26 Å². The molecule has 1 aromatic rings. The predicted octanol–water partition coefficient (Wildman–Crippen LogP) is 5.39. The Morgan fingerprint density at radius 2 is 1.83 bits per heavy atom. The average molecular weight is 354 g/mol. The van der Waals surface area contributed by atoms with E-state index in [1.54, 1.807) is 7.11 Å². The highest BCUT2D eigenvalue weighted by Crippen LogP contribution is 2.65. The van der Waals surface area contributed by atoms with Crippen LogP contribution in [0.4, 0.5) is 0 Å². The molecule has 0 bridgehead atoms. The van der Waals surface area contributed by atoms with Crippen molar-refractivity contribution in [1.82, 2.24) is 0 Å². The summed E-state index contributed by atoms with van der Waals surface area (Å²) in [5.74, 6) is 0.941. The lowest BCUT2D eigenvalue weighted by Gasteiger charge is -2.37. The Balaban J connectivity index is 2.41. The number of methoxy groups -OCH3 is 1. The summed E-state index contributed by atoms with van der Waals surface area (Å²) in [6.07, 6.45) is 1.86. The van der Waals surface area contributed by atoms with Crippen molar-refractivity contribution in [3.05, 3.63) is 40.8 Å². The van der Waals surface area contributed by atoms with E-state index >= 15 is 0 Å². The van der Waals surface area contributed by atoms with Crippen LogP contribution in [0.25, 0.3) is 0 Å². The smallest absolute Gasteiger partial charge is 0.353 e. The van der Waals surface area contributed by atoms with E-state index in [4.69, 9.17) is 13.8 Å². The van der Waals surface area contributed by atoms with Crippen molar-refractivity contribution < 1.29 is 18.3 Å². The van der Waals surface area contributed by atoms with Gasteiger partial charge in [-0.2, -0.15) is 0 Å². The van der Waals surface area contributed by atoms with Gasteiger partial charge in [0.25, 0.3) is 0 Å². The third-order valence-corrected chi connectivity index (χ3v) is 10.3. The van der Waals surface area contributed by atoms with E-state index < -0.39 is 15.7 Å². The summed E-state index contributed by atoms with van der Waals surface area (Å²) in [5.41, 5.74) is 0.990. The van der Waals surface area contributed by atoms with Gasteiger partial charge in [0.1, 0.15) is 5.75 Å². The predicted molar refractivity (Wildman–Crippen MR) is 96.6 cm³/mol. The van der Waals surface area contributed by atoms with Crippen molar-refractivity contribution in [3.8, 4) is 5.75 Å². The first kappa shape index (κ1) is 18.5. The van der Waals surface area contributed by atoms with E-state index in [1.165, 1.54) is 0 Å². The van der Waals surface area contributed by atoms with Gasteiger partial charge in [-0.1, -0.05) is 44.8 Å². The van der Waals surface area contributed by atoms with Crippen LogP contribution in [0.1, 0.15) is 25.5 Å². The van der Waals surface area contributed by atoms with Crippen LogP contribution in [0.2, 0.25) is 19.6 Å². The number of hydrogen-bond donors (Lipinski definition) is 0. The molecule has 0 radical (unpaired) electrons. The second-order valence-electron chi connectivity index (χ2n) is 6.88. The molecule has 0 N–H and O–H groups in total. The van der Waals surface area contributed by atoms with Gasteiger partial charge in [0, 0.05) is 10.9 Å². The van der Waals surface area contributed by atoms with Gasteiger partial charge in [0.2, 0.25) is 0 Å². The zero-order valence-corrected chi connectivity index (χ0v) is 16.7. The van der Waals surface area contributed by atoms with Gasteiger partial charge in [-0.05, 0) is 24.6 Å². The third kappa shape index (κ3) is 3.97. The van der Waals surface area contributed by atoms with Crippen LogP contribution >= 0.6 is 7.60 Å². The maximum absolute atomic E-state index is 13.4. The highest BCUT2D eigenvalue weighted by atomic mass is 31.2. The van der Waals surface area contributed by atoms with Crippen LogP contribution in [0, 0.1) is 5.92 Å². The highest BCUT2D eigenvalue weighted by molar-refractivity contribution is 7.62. The molecule has 4 nitrogen and oxygen atoms in total. The van der Waals surface area contributed by atoms with Crippen LogP contribution in [0.3, 0.4) is 0 Å². The summed E-state index contributed by atoms with van der Waals surface area (Å²) in [6, 6.07) is 7.72. The molecule has 1 unspecified atom stereocenters. The van der Waals surface area contributed by atoms with Gasteiger partial charge in [-0.15, -0.1) is 0 Å². The molecule has 23 heavy (non-hydrogen) atoms. The molecule has 1 heterocycles. The maximum atomic E-state index is 13.4. The van der Waals surface area contributed by atoms with E-state index in [9.17, 15) is 4.57 Å². The Labute approximate surface area is 140 Å². The molecule has 0 saturated heterocycles. The molecule has 0 amide bonds. The van der Waals surface area contributed by atoms with Crippen LogP contribution in [0.5, 0.6) is 5.75 Å². The van der Waals surface area contributed by atoms with Crippen molar-refractivity contribution in [2.75, 3.05) is 13.7 Å². The quantitative estimate of drug-likeness (QED) is 0.525. The number of ether oxygens (including phenoxy) is 1. The first-order valence-electron chi connectivity index (χ1n) is 8.01. The van der Waals surface area contributed by atoms with Crippen LogP contribution < -0.4 is 4.74 Å². The normalized spacial score (nSPS) is 28.3. The number of rotatable bonds is 5. The minimum atomic E-state index is -3.23. The van der Waals surface area contributed by atoms with Gasteiger partial charge >= 0.3 is 7.60 Å². The molecule has 0 aliphatic carbocycles. The summed E-state index contributed by atoms with van der Waals surface area (Å²) in [6.45, 7) is 10.9. The van der Waals surface area contributed by atoms with E-state index in [0.717, 1.165) is 16.3 Å². The lowest BCUT2D eigenvalue weighted by molar-refractivity contribution is 0.122. The van der Waals surface area contributed by atoms with Crippen molar-refractivity contribution in [2.24, 2.45) is 5.92 Å². The molecule has 128 valence electrons. The van der Waals surface area contributed by atoms with E-state index in [2.05, 4.69) is 32.6 Å². The minimum absolute atomic E-state index is 0.146. The number of benzene rings is 1. The lowest BCUT2D eigenvalue weighted by Crippen LogP contribution is -2.30. The fraction of sp³-hybridized carbons (Fsp3) is 0.529. The molecule has 0 aromatic heterocycles. The number of hydrogen-bond acceptors (Lipinski definition) is 4. The standard InChI is InChI=1S/C17H27O4PSi/c1-7-20-22(18)16(23(4,5)6)12-13(2)17(21-22)14-8-10-15(19-3)11-9-14/h8-13,17H,7H2,1-6H3/t13-,17+,22?/m1/s1. The Bertz CT molecular complexity index is 618. The molecule has 3 atom stereocenters. The lowest BCUT2D eigenvalue weighted by atomic mass is 9.97. The largest absolute Gasteiger partial charge is 0.497 e. The van der Waals surface area contributed by atoms with Gasteiger partial charge in [-0.25, -0.2) is 0 Å². The SMILES string of the molecule is CCOP1(=O)O[C@H](c2ccc(OC)cc2)[C@H](C)C=C1[Si](C)(C)C. The molecule has 0 saturated carbocycles. The second kappa shape index (κ2) is 6.94. The third-order valence-electron chi connectivity index (χ3n) is 3.96. The zero-order chi connectivity index (χ0) is 17.3. The summed E-state index contributed by atoms with van der Waals surface area (Å²) in [7, 11) is -3.38. The summed E-state index contributed by atoms with van der Waals surface area (Å²) in [5, 5.41) is 0. The molecule has 1 aromatic carbocycles. The molecule has 0 spiro atoms. The molecule has 0 fully saturated rings. The van der Waals surface area contributed by atoms with Gasteiger partial charge in [0.05, 0.1) is 27.9 Å². The van der Waals surface area contributed by atoms with E-state index in [1.807, 2.05) is 31.2 Å². The first-order chi connectivity index (χ1) is 10.7. The van der Waals surface area contributed by atoms with Crippen molar-refractivity contribution >= 4 is 15.7 Å². The monoisotopic (exact) mass is 354 g/mol. The second-order valence-corrected chi connectivity index (χ2v) is 14.3. The van der Waals surface area contributed by atoms with Gasteiger partial charge in [-0.3, -0.25) is 9.09 Å². The fourth-order valence-corrected chi connectivity index (χ4v) is 8.90. The van der Waals surface area contributed by atoms with Crippen LogP contribution in [-0.4, -0.2) is 21.8 Å². The van der Waals surface area contributed by atoms with E-state index in [-0.39, 0.29) is 12.0 Å². The summed E-state index contributed by atoms with van der Waals surface area (Å²) < 4.78 is 30.3. The van der Waals surface area contributed by atoms with Crippen molar-refractivity contribution in [3.63, 3.8) is 0 Å². The average Bonchev–Trinajstić information content (AvgIpc) is 2.49. The van der Waals surface area contributed by atoms with Crippen LogP contribution in [-0.2, 0) is 13.6 Å². The topological polar surface area (TPSA) is 44.8 Å². The molecular formula is C17H27O4PSi. The Morgan fingerprint density at radius 1 is 1.22 bits per heavy atom. The Morgan fingerprint density at radius 3 is 2.30 bits per heavy atom. The molecule has 1 aliphatic rings. The zero-order valence-electron chi connectivity index (χ0n) is 14.8. The molecule has 6 heteroatoms. The summed E-state index contributed by atoms with van der Waals surface area (Å²) >= 11 is 0. The van der Waals surface area contributed by atoms with Crippen LogP contribution in [0.15, 0.2) is 35.3 Å². The maximum Gasteiger partial charge on any atom is 0.353 e. The molecule has 2 rings (SSSR count). The highest BCUT2D eigenvalue weighted by Gasteiger charge is 2.45. The fourth-order valence-electron chi connectivity index (χ4n) is 2.82. The summed E-state index contributed by atoms with van der Waals surface area (Å²) in [4.78, 5) is 0.907. The Kier molecular flexibility index (Phi) is 5.57. The van der Waals surface area contributed by atoms with Crippen molar-refractivity contribution in [1.29, 1.82) is 0 Å². The molecular weight excluding hydrogens is 327 g/mol.